The van der Waals surface area contributed by atoms with Gasteiger partial charge in [-0.15, -0.1) is 0 Å². The Morgan fingerprint density at radius 3 is 2.65 bits per heavy atom. The van der Waals surface area contributed by atoms with E-state index in [1.54, 1.807) is 0 Å². The van der Waals surface area contributed by atoms with Crippen LogP contribution in [0, 0.1) is 10.5 Å². The minimum Gasteiger partial charge on any atom is -0.383 e. The number of hydrogen-bond acceptors (Lipinski definition) is 4. The third-order valence-electron chi connectivity index (χ3n) is 2.93. The fraction of sp³-hybridized carbons (Fsp3) is 0.0714. The Morgan fingerprint density at radius 1 is 1.15 bits per heavy atom. The number of fused-ring (bicyclic) bond motifs is 1. The van der Waals surface area contributed by atoms with Crippen molar-refractivity contribution in [3.05, 3.63) is 44.1 Å². The lowest BCUT2D eigenvalue weighted by atomic mass is 10.2. The third-order valence-corrected chi connectivity index (χ3v) is 4.87. The average Bonchev–Trinajstić information content (AvgIpc) is 2.43. The molecule has 2 N–H and O–H groups in total. The first kappa shape index (κ1) is 13.7. The first-order valence-electron chi connectivity index (χ1n) is 5.91. The van der Waals surface area contributed by atoms with Crippen LogP contribution in [-0.4, -0.2) is 15.0 Å². The maximum absolute atomic E-state index is 5.92. The van der Waals surface area contributed by atoms with E-state index in [4.69, 9.17) is 5.73 Å². The van der Waals surface area contributed by atoms with Crippen LogP contribution in [0.1, 0.15) is 5.69 Å². The number of pyridine rings is 1. The zero-order valence-electron chi connectivity index (χ0n) is 10.6. The molecule has 2 aromatic heterocycles. The Morgan fingerprint density at radius 2 is 1.90 bits per heavy atom. The molecule has 6 heteroatoms. The smallest absolute Gasteiger partial charge is 0.181 e. The summed E-state index contributed by atoms with van der Waals surface area (Å²) in [6.45, 7) is 1.91. The number of nitrogens with two attached hydrogens (primary N) is 1. The van der Waals surface area contributed by atoms with Gasteiger partial charge in [0, 0.05) is 9.86 Å². The molecule has 0 aliphatic rings. The maximum atomic E-state index is 5.92. The van der Waals surface area contributed by atoms with E-state index in [2.05, 4.69) is 53.5 Å². The quantitative estimate of drug-likeness (QED) is 0.582. The molecular formula is C14H10BrIN4. The topological polar surface area (TPSA) is 64.7 Å². The Kier molecular flexibility index (Phi) is 3.59. The van der Waals surface area contributed by atoms with Gasteiger partial charge >= 0.3 is 0 Å². The number of halogens is 2. The van der Waals surface area contributed by atoms with E-state index < -0.39 is 0 Å². The van der Waals surface area contributed by atoms with Crippen molar-refractivity contribution in [1.82, 2.24) is 15.0 Å². The number of benzene rings is 1. The minimum atomic E-state index is 0.481. The van der Waals surface area contributed by atoms with Crippen LogP contribution < -0.4 is 5.73 Å². The minimum absolute atomic E-state index is 0.481. The highest BCUT2D eigenvalue weighted by molar-refractivity contribution is 14.1. The molecule has 0 atom stereocenters. The van der Waals surface area contributed by atoms with Crippen LogP contribution in [-0.2, 0) is 0 Å². The van der Waals surface area contributed by atoms with Crippen LogP contribution in [0.5, 0.6) is 0 Å². The molecule has 3 aromatic rings. The van der Waals surface area contributed by atoms with Gasteiger partial charge in [0.2, 0.25) is 0 Å². The number of aromatic nitrogens is 3. The van der Waals surface area contributed by atoms with E-state index in [0.717, 1.165) is 24.6 Å². The second-order valence-electron chi connectivity index (χ2n) is 4.34. The highest BCUT2D eigenvalue weighted by atomic mass is 127. The Balaban J connectivity index is 2.26. The van der Waals surface area contributed by atoms with Crippen LogP contribution in [0.4, 0.5) is 5.82 Å². The second-order valence-corrected chi connectivity index (χ2v) is 6.28. The number of para-hydroxylation sites is 1. The summed E-state index contributed by atoms with van der Waals surface area (Å²) in [6.07, 6.45) is 0. The highest BCUT2D eigenvalue weighted by Gasteiger charge is 2.13. The van der Waals surface area contributed by atoms with Crippen LogP contribution in [0.25, 0.3) is 22.4 Å². The van der Waals surface area contributed by atoms with Gasteiger partial charge < -0.3 is 5.73 Å². The monoisotopic (exact) mass is 440 g/mol. The summed E-state index contributed by atoms with van der Waals surface area (Å²) in [4.78, 5) is 13.4. The van der Waals surface area contributed by atoms with Gasteiger partial charge in [-0.1, -0.05) is 18.2 Å². The first-order valence-corrected chi connectivity index (χ1v) is 7.78. The highest BCUT2D eigenvalue weighted by Crippen LogP contribution is 2.29. The van der Waals surface area contributed by atoms with Crippen molar-refractivity contribution in [2.75, 3.05) is 5.73 Å². The number of nitrogen functional groups attached to an aromatic ring is 1. The molecule has 0 saturated carbocycles. The zero-order chi connectivity index (χ0) is 14.3. The number of aryl methyl sites for hydroxylation is 1. The largest absolute Gasteiger partial charge is 0.383 e. The number of anilines is 1. The lowest BCUT2D eigenvalue weighted by Crippen LogP contribution is -2.03. The summed E-state index contributed by atoms with van der Waals surface area (Å²) in [7, 11) is 0. The molecule has 1 aromatic carbocycles. The fourth-order valence-electron chi connectivity index (χ4n) is 1.93. The van der Waals surface area contributed by atoms with Crippen molar-refractivity contribution in [2.24, 2.45) is 0 Å². The summed E-state index contributed by atoms with van der Waals surface area (Å²) in [5.74, 6) is 1.02. The Labute approximate surface area is 138 Å². The van der Waals surface area contributed by atoms with Gasteiger partial charge in [-0.05, 0) is 57.6 Å². The molecule has 2 heterocycles. The van der Waals surface area contributed by atoms with E-state index in [1.165, 1.54) is 0 Å². The maximum Gasteiger partial charge on any atom is 0.181 e. The van der Waals surface area contributed by atoms with Gasteiger partial charge in [-0.3, -0.25) is 0 Å². The lowest BCUT2D eigenvalue weighted by Gasteiger charge is -2.08. The Bertz CT molecular complexity index is 796. The van der Waals surface area contributed by atoms with Crippen LogP contribution in [0.3, 0.4) is 0 Å². The molecule has 3 rings (SSSR count). The predicted octanol–water partition coefficient (Wildman–Crippen LogP) is 3.95. The molecule has 100 valence electrons. The zero-order valence-corrected chi connectivity index (χ0v) is 14.3. The molecule has 0 aliphatic heterocycles. The van der Waals surface area contributed by atoms with Gasteiger partial charge in [0.25, 0.3) is 0 Å². The molecule has 0 fully saturated rings. The van der Waals surface area contributed by atoms with Crippen molar-refractivity contribution in [3.8, 4) is 11.5 Å². The standard InChI is InChI=1S/C14H10BrIN4/c1-7-11(16)13(17)20-14(18-7)12-9(15)6-8-4-2-3-5-10(8)19-12/h2-6H,1H3,(H2,17,18,20). The van der Waals surface area contributed by atoms with Gasteiger partial charge in [0.05, 0.1) is 14.8 Å². The van der Waals surface area contributed by atoms with Crippen molar-refractivity contribution in [1.29, 1.82) is 0 Å². The molecule has 0 saturated heterocycles. The van der Waals surface area contributed by atoms with Crippen molar-refractivity contribution in [2.45, 2.75) is 6.92 Å². The molecule has 4 nitrogen and oxygen atoms in total. The number of rotatable bonds is 1. The van der Waals surface area contributed by atoms with Crippen LogP contribution >= 0.6 is 38.5 Å². The number of nitrogens with zero attached hydrogens (tertiary/aromatic N) is 3. The van der Waals surface area contributed by atoms with Gasteiger partial charge in [0.15, 0.2) is 5.82 Å². The molecule has 20 heavy (non-hydrogen) atoms. The van der Waals surface area contributed by atoms with E-state index in [-0.39, 0.29) is 0 Å². The normalized spacial score (nSPS) is 10.9. The molecule has 0 bridgehead atoms. The van der Waals surface area contributed by atoms with E-state index >= 15 is 0 Å². The fourth-order valence-corrected chi connectivity index (χ4v) is 2.69. The van der Waals surface area contributed by atoms with Crippen molar-refractivity contribution < 1.29 is 0 Å². The van der Waals surface area contributed by atoms with Gasteiger partial charge in [-0.2, -0.15) is 0 Å². The van der Waals surface area contributed by atoms with Crippen LogP contribution in [0.15, 0.2) is 34.8 Å². The van der Waals surface area contributed by atoms with E-state index in [0.29, 0.717) is 17.3 Å². The first-order chi connectivity index (χ1) is 9.56. The van der Waals surface area contributed by atoms with E-state index in [9.17, 15) is 0 Å². The summed E-state index contributed by atoms with van der Waals surface area (Å²) < 4.78 is 1.74. The average molecular weight is 441 g/mol. The number of hydrogen-bond donors (Lipinski definition) is 1. The van der Waals surface area contributed by atoms with Gasteiger partial charge in [0.1, 0.15) is 11.5 Å². The molecule has 0 radical (unpaired) electrons. The Hall–Kier alpha value is -1.28. The SMILES string of the molecule is Cc1nc(-c2nc3ccccc3cc2Br)nc(N)c1I. The van der Waals surface area contributed by atoms with Gasteiger partial charge in [-0.25, -0.2) is 15.0 Å². The van der Waals surface area contributed by atoms with E-state index in [1.807, 2.05) is 37.3 Å². The molecule has 0 amide bonds. The van der Waals surface area contributed by atoms with Crippen molar-refractivity contribution in [3.63, 3.8) is 0 Å². The summed E-state index contributed by atoms with van der Waals surface area (Å²) in [6, 6.07) is 9.95. The summed E-state index contributed by atoms with van der Waals surface area (Å²) >= 11 is 5.68. The molecule has 0 aliphatic carbocycles. The summed E-state index contributed by atoms with van der Waals surface area (Å²) in [5.41, 5.74) is 8.39. The summed E-state index contributed by atoms with van der Waals surface area (Å²) in [5, 5.41) is 1.07. The second kappa shape index (κ2) is 5.25. The van der Waals surface area contributed by atoms with Crippen molar-refractivity contribution >= 4 is 55.2 Å². The molecular weight excluding hydrogens is 431 g/mol. The van der Waals surface area contributed by atoms with Crippen LogP contribution in [0.2, 0.25) is 0 Å². The predicted molar refractivity (Wildman–Crippen MR) is 92.3 cm³/mol. The third kappa shape index (κ3) is 2.37. The molecule has 0 unspecified atom stereocenters. The molecule has 0 spiro atoms. The lowest BCUT2D eigenvalue weighted by molar-refractivity contribution is 1.08.